The van der Waals surface area contributed by atoms with Crippen LogP contribution in [0.3, 0.4) is 0 Å². The molecule has 0 aliphatic carbocycles. The number of fused-ring (bicyclic) bond motifs is 1. The average Bonchev–Trinajstić information content (AvgIpc) is 2.89. The van der Waals surface area contributed by atoms with Crippen LogP contribution in [0.25, 0.3) is 11.0 Å². The zero-order valence-corrected chi connectivity index (χ0v) is 13.9. The third-order valence-corrected chi connectivity index (χ3v) is 4.71. The molecule has 0 saturated heterocycles. The van der Waals surface area contributed by atoms with Crippen molar-refractivity contribution in [3.05, 3.63) is 59.0 Å². The molecule has 3 aromatic rings. The van der Waals surface area contributed by atoms with E-state index in [4.69, 9.17) is 4.74 Å². The fraction of sp³-hybridized carbons (Fsp3) is 0.278. The van der Waals surface area contributed by atoms with Gasteiger partial charge < -0.3 is 9.72 Å². The van der Waals surface area contributed by atoms with Gasteiger partial charge >= 0.3 is 5.69 Å². The van der Waals surface area contributed by atoms with Gasteiger partial charge in [-0.25, -0.2) is 4.79 Å². The van der Waals surface area contributed by atoms with Crippen molar-refractivity contribution < 1.29 is 4.74 Å². The van der Waals surface area contributed by atoms with Crippen molar-refractivity contribution in [2.75, 3.05) is 12.4 Å². The molecule has 5 heteroatoms. The van der Waals surface area contributed by atoms with Crippen molar-refractivity contribution in [2.24, 2.45) is 0 Å². The molecule has 0 aliphatic heterocycles. The summed E-state index contributed by atoms with van der Waals surface area (Å²) in [5, 5.41) is 0. The first-order chi connectivity index (χ1) is 11.3. The van der Waals surface area contributed by atoms with E-state index in [1.54, 1.807) is 11.8 Å². The molecule has 0 atom stereocenters. The van der Waals surface area contributed by atoms with Gasteiger partial charge in [0.1, 0.15) is 5.75 Å². The van der Waals surface area contributed by atoms with Gasteiger partial charge in [0.05, 0.1) is 17.6 Å². The van der Waals surface area contributed by atoms with Crippen molar-refractivity contribution in [3.8, 4) is 5.75 Å². The van der Waals surface area contributed by atoms with Crippen LogP contribution < -0.4 is 10.4 Å². The predicted molar refractivity (Wildman–Crippen MR) is 95.5 cm³/mol. The highest BCUT2D eigenvalue weighted by molar-refractivity contribution is 7.99. The zero-order valence-electron chi connectivity index (χ0n) is 13.1. The van der Waals surface area contributed by atoms with Gasteiger partial charge in [-0.15, -0.1) is 11.8 Å². The molecular formula is C18H20N2O2S. The Morgan fingerprint density at radius 3 is 2.70 bits per heavy atom. The number of ether oxygens (including phenoxy) is 1. The molecule has 3 rings (SSSR count). The summed E-state index contributed by atoms with van der Waals surface area (Å²) in [6.07, 6.45) is 0.944. The molecule has 2 aromatic carbocycles. The Hall–Kier alpha value is -2.14. The van der Waals surface area contributed by atoms with Crippen molar-refractivity contribution in [1.82, 2.24) is 9.55 Å². The number of H-pyrrole nitrogens is 1. The highest BCUT2D eigenvalue weighted by atomic mass is 32.2. The van der Waals surface area contributed by atoms with E-state index in [0.29, 0.717) is 6.61 Å². The molecule has 0 spiro atoms. The van der Waals surface area contributed by atoms with Crippen molar-refractivity contribution in [3.63, 3.8) is 0 Å². The molecule has 0 aliphatic rings. The monoisotopic (exact) mass is 328 g/mol. The minimum atomic E-state index is -0.0303. The van der Waals surface area contributed by atoms with Crippen LogP contribution in [0.5, 0.6) is 5.75 Å². The Labute approximate surface area is 139 Å². The van der Waals surface area contributed by atoms with Gasteiger partial charge in [0.15, 0.2) is 0 Å². The number of benzene rings is 2. The fourth-order valence-corrected chi connectivity index (χ4v) is 3.38. The van der Waals surface area contributed by atoms with Gasteiger partial charge in [-0.05, 0) is 55.5 Å². The number of nitrogens with zero attached hydrogens (tertiary/aromatic N) is 1. The summed E-state index contributed by atoms with van der Waals surface area (Å²) in [6.45, 7) is 3.40. The van der Waals surface area contributed by atoms with Gasteiger partial charge in [-0.2, -0.15) is 0 Å². The number of imidazole rings is 1. The number of aryl methyl sites for hydroxylation is 1. The summed E-state index contributed by atoms with van der Waals surface area (Å²) < 4.78 is 7.25. The van der Waals surface area contributed by atoms with Crippen LogP contribution >= 0.6 is 11.8 Å². The molecule has 23 heavy (non-hydrogen) atoms. The Balaban J connectivity index is 1.55. The van der Waals surface area contributed by atoms with E-state index in [1.807, 2.05) is 47.9 Å². The molecule has 0 radical (unpaired) electrons. The molecule has 0 fully saturated rings. The molecule has 0 bridgehead atoms. The Morgan fingerprint density at radius 1 is 1.13 bits per heavy atom. The number of rotatable bonds is 7. The summed E-state index contributed by atoms with van der Waals surface area (Å²) in [5.41, 5.74) is 1.84. The molecule has 0 unspecified atom stereocenters. The van der Waals surface area contributed by atoms with E-state index in [1.165, 1.54) is 4.90 Å². The third-order valence-electron chi connectivity index (χ3n) is 3.61. The van der Waals surface area contributed by atoms with E-state index < -0.39 is 0 Å². The Morgan fingerprint density at radius 2 is 1.91 bits per heavy atom. The van der Waals surface area contributed by atoms with Crippen molar-refractivity contribution in [2.45, 2.75) is 24.8 Å². The normalized spacial score (nSPS) is 11.0. The molecule has 0 amide bonds. The lowest BCUT2D eigenvalue weighted by atomic mass is 10.3. The summed E-state index contributed by atoms with van der Waals surface area (Å²) in [5.74, 6) is 1.88. The van der Waals surface area contributed by atoms with Crippen LogP contribution in [-0.4, -0.2) is 21.9 Å². The molecule has 1 N–H and O–H groups in total. The van der Waals surface area contributed by atoms with Crippen LogP contribution in [0.15, 0.2) is 58.2 Å². The second-order valence-electron chi connectivity index (χ2n) is 5.21. The Kier molecular flexibility index (Phi) is 5.08. The maximum atomic E-state index is 12.0. The van der Waals surface area contributed by atoms with E-state index in [-0.39, 0.29) is 5.69 Å². The molecular weight excluding hydrogens is 308 g/mol. The Bertz CT molecular complexity index is 821. The SMILES string of the molecule is CCOc1ccc(SCCCn2c(=O)[nH]c3ccccc32)cc1. The van der Waals surface area contributed by atoms with Gasteiger partial charge in [-0.3, -0.25) is 4.57 Å². The second kappa shape index (κ2) is 7.42. The van der Waals surface area contributed by atoms with Gasteiger partial charge in [0.25, 0.3) is 0 Å². The number of para-hydroxylation sites is 2. The quantitative estimate of drug-likeness (QED) is 0.528. The minimum Gasteiger partial charge on any atom is -0.494 e. The van der Waals surface area contributed by atoms with E-state index >= 15 is 0 Å². The van der Waals surface area contributed by atoms with E-state index in [0.717, 1.165) is 35.5 Å². The first kappa shape index (κ1) is 15.7. The van der Waals surface area contributed by atoms with Crippen LogP contribution in [0.1, 0.15) is 13.3 Å². The van der Waals surface area contributed by atoms with Gasteiger partial charge in [0.2, 0.25) is 0 Å². The lowest BCUT2D eigenvalue weighted by molar-refractivity contribution is 0.340. The van der Waals surface area contributed by atoms with Crippen molar-refractivity contribution >= 4 is 22.8 Å². The van der Waals surface area contributed by atoms with Crippen LogP contribution in [-0.2, 0) is 6.54 Å². The fourth-order valence-electron chi connectivity index (χ4n) is 2.54. The number of hydrogen-bond acceptors (Lipinski definition) is 3. The first-order valence-electron chi connectivity index (χ1n) is 7.81. The summed E-state index contributed by atoms with van der Waals surface area (Å²) in [6, 6.07) is 16.0. The van der Waals surface area contributed by atoms with Gasteiger partial charge in [-0.1, -0.05) is 12.1 Å². The summed E-state index contributed by atoms with van der Waals surface area (Å²) in [4.78, 5) is 16.1. The van der Waals surface area contributed by atoms with E-state index in [2.05, 4.69) is 17.1 Å². The molecule has 120 valence electrons. The molecule has 1 heterocycles. The smallest absolute Gasteiger partial charge is 0.326 e. The number of hydrogen-bond donors (Lipinski definition) is 1. The van der Waals surface area contributed by atoms with E-state index in [9.17, 15) is 4.79 Å². The maximum Gasteiger partial charge on any atom is 0.326 e. The first-order valence-corrected chi connectivity index (χ1v) is 8.79. The highest BCUT2D eigenvalue weighted by Gasteiger charge is 2.05. The van der Waals surface area contributed by atoms with Gasteiger partial charge in [0, 0.05) is 11.4 Å². The third kappa shape index (κ3) is 3.79. The van der Waals surface area contributed by atoms with Crippen LogP contribution in [0.2, 0.25) is 0 Å². The summed E-state index contributed by atoms with van der Waals surface area (Å²) >= 11 is 1.80. The lowest BCUT2D eigenvalue weighted by Gasteiger charge is -2.06. The summed E-state index contributed by atoms with van der Waals surface area (Å²) in [7, 11) is 0. The van der Waals surface area contributed by atoms with Crippen molar-refractivity contribution in [1.29, 1.82) is 0 Å². The van der Waals surface area contributed by atoms with Crippen LogP contribution in [0, 0.1) is 0 Å². The molecule has 0 saturated carbocycles. The van der Waals surface area contributed by atoms with Crippen LogP contribution in [0.4, 0.5) is 0 Å². The molecule has 4 nitrogen and oxygen atoms in total. The predicted octanol–water partition coefficient (Wildman–Crippen LogP) is 3.91. The largest absolute Gasteiger partial charge is 0.494 e. The topological polar surface area (TPSA) is 47.0 Å². The standard InChI is InChI=1S/C18H20N2O2S/c1-2-22-14-8-10-15(11-9-14)23-13-5-12-20-17-7-4-3-6-16(17)19-18(20)21/h3-4,6-11H,2,5,12-13H2,1H3,(H,19,21). The number of nitrogens with one attached hydrogen (secondary N) is 1. The molecule has 1 aromatic heterocycles. The highest BCUT2D eigenvalue weighted by Crippen LogP contribution is 2.22. The average molecular weight is 328 g/mol. The second-order valence-corrected chi connectivity index (χ2v) is 6.37. The lowest BCUT2D eigenvalue weighted by Crippen LogP contribution is -2.17. The minimum absolute atomic E-state index is 0.0303. The number of aromatic nitrogens is 2. The maximum absolute atomic E-state index is 12.0. The zero-order chi connectivity index (χ0) is 16.1. The number of thioether (sulfide) groups is 1. The number of aromatic amines is 1.